The molecule has 0 aromatic heterocycles. The maximum Gasteiger partial charge on any atom is 2.00 e. The molecule has 8 heteroatoms. The summed E-state index contributed by atoms with van der Waals surface area (Å²) in [6, 6.07) is 6.35. The molecule has 0 fully saturated rings. The summed E-state index contributed by atoms with van der Waals surface area (Å²) in [5.74, 6) is 0. The minimum Gasteiger partial charge on any atom is -1.00 e. The molecule has 16 heavy (non-hydrogen) atoms. The van der Waals surface area contributed by atoms with E-state index < -0.39 is 19.7 Å². The van der Waals surface area contributed by atoms with Crippen LogP contribution in [-0.2, 0) is 19.7 Å². The van der Waals surface area contributed by atoms with E-state index in [1.54, 1.807) is 0 Å². The van der Waals surface area contributed by atoms with Gasteiger partial charge in [0.25, 0.3) is 0 Å². The standard InChI is InChI=1S/C8H9O4S2.BrH.Mg/c1-13(9,10)7-4-3-5-8(6-7)14(2,11)12;;/h3-5H,1-2H3;1H;/q-1;;+2/p-1. The first-order chi connectivity index (χ1) is 6.21. The van der Waals surface area contributed by atoms with Gasteiger partial charge in [-0.05, 0) is 9.79 Å². The van der Waals surface area contributed by atoms with Gasteiger partial charge in [-0.2, -0.15) is 18.2 Å². The molecule has 0 amide bonds. The molecule has 0 aliphatic heterocycles. The number of sulfone groups is 2. The molecule has 0 radical (unpaired) electrons. The van der Waals surface area contributed by atoms with Gasteiger partial charge in [-0.15, -0.1) is 6.07 Å². The quantitative estimate of drug-likeness (QED) is 0.424. The topological polar surface area (TPSA) is 68.3 Å². The first-order valence-electron chi connectivity index (χ1n) is 3.64. The van der Waals surface area contributed by atoms with Crippen LogP contribution in [0.1, 0.15) is 0 Å². The Morgan fingerprint density at radius 3 is 1.50 bits per heavy atom. The molecule has 1 aromatic rings. The minimum atomic E-state index is -3.41. The molecule has 4 nitrogen and oxygen atoms in total. The molecule has 0 saturated heterocycles. The van der Waals surface area contributed by atoms with E-state index in [0.717, 1.165) is 12.5 Å². The molecular weight excluding hydrogens is 328 g/mol. The molecular formula is C8H9BrMgO4S2. The SMILES string of the molecule is CS(=O)(=O)c1[c-]c(S(C)(=O)=O)ccc1.[Br-].[Mg+2]. The molecule has 0 unspecified atom stereocenters. The van der Waals surface area contributed by atoms with Crippen LogP contribution in [0.2, 0.25) is 0 Å². The third-order valence-corrected chi connectivity index (χ3v) is 3.61. The largest absolute Gasteiger partial charge is 2.00 e. The Bertz CT molecular complexity index is 504. The molecule has 86 valence electrons. The van der Waals surface area contributed by atoms with Crippen LogP contribution in [-0.4, -0.2) is 52.4 Å². The molecule has 0 saturated carbocycles. The van der Waals surface area contributed by atoms with Crippen LogP contribution >= 0.6 is 0 Å². The Balaban J connectivity index is 0. The molecule has 0 atom stereocenters. The molecule has 1 aromatic carbocycles. The van der Waals surface area contributed by atoms with Crippen molar-refractivity contribution in [1.29, 1.82) is 0 Å². The van der Waals surface area contributed by atoms with E-state index >= 15 is 0 Å². The monoisotopic (exact) mass is 336 g/mol. The first kappa shape index (κ1) is 18.7. The second-order valence-electron chi connectivity index (χ2n) is 2.92. The average molecular weight is 337 g/mol. The molecule has 0 aliphatic rings. The molecule has 0 heterocycles. The van der Waals surface area contributed by atoms with Gasteiger partial charge in [0.1, 0.15) is 0 Å². The summed E-state index contributed by atoms with van der Waals surface area (Å²) in [6.45, 7) is 0. The van der Waals surface area contributed by atoms with E-state index in [1.165, 1.54) is 18.2 Å². The van der Waals surface area contributed by atoms with E-state index in [1.807, 2.05) is 0 Å². The zero-order valence-corrected chi connectivity index (χ0v) is 13.4. The van der Waals surface area contributed by atoms with Crippen molar-refractivity contribution in [3.8, 4) is 0 Å². The molecule has 0 aliphatic carbocycles. The second-order valence-corrected chi connectivity index (χ2v) is 6.89. The predicted molar refractivity (Wildman–Crippen MR) is 57.3 cm³/mol. The van der Waals surface area contributed by atoms with Crippen molar-refractivity contribution in [2.45, 2.75) is 9.79 Å². The summed E-state index contributed by atoms with van der Waals surface area (Å²) in [6.07, 6.45) is 2.01. The zero-order chi connectivity index (χ0) is 11.0. The smallest absolute Gasteiger partial charge is 1.00 e. The summed E-state index contributed by atoms with van der Waals surface area (Å²) < 4.78 is 44.3. The Labute approximate surface area is 122 Å². The van der Waals surface area contributed by atoms with E-state index in [-0.39, 0.29) is 49.8 Å². The normalized spacial score (nSPS) is 11.1. The van der Waals surface area contributed by atoms with Crippen molar-refractivity contribution >= 4 is 42.7 Å². The second kappa shape index (κ2) is 6.34. The van der Waals surface area contributed by atoms with Crippen LogP contribution in [0.25, 0.3) is 0 Å². The maximum absolute atomic E-state index is 11.1. The van der Waals surface area contributed by atoms with Crippen LogP contribution in [0.4, 0.5) is 0 Å². The van der Waals surface area contributed by atoms with Crippen molar-refractivity contribution in [1.82, 2.24) is 0 Å². The van der Waals surface area contributed by atoms with Gasteiger partial charge in [-0.3, -0.25) is 0 Å². The van der Waals surface area contributed by atoms with E-state index in [0.29, 0.717) is 0 Å². The fourth-order valence-electron chi connectivity index (χ4n) is 0.860. The Kier molecular flexibility index (Phi) is 7.42. The van der Waals surface area contributed by atoms with Gasteiger partial charge in [-0.1, -0.05) is 0 Å². The van der Waals surface area contributed by atoms with Gasteiger partial charge in [0.15, 0.2) is 19.7 Å². The Hall–Kier alpha value is 0.366. The van der Waals surface area contributed by atoms with Gasteiger partial charge >= 0.3 is 23.1 Å². The summed E-state index contributed by atoms with van der Waals surface area (Å²) in [5, 5.41) is 0. The van der Waals surface area contributed by atoms with Gasteiger partial charge in [0.05, 0.1) is 0 Å². The zero-order valence-electron chi connectivity index (χ0n) is 8.77. The van der Waals surface area contributed by atoms with Gasteiger partial charge < -0.3 is 17.0 Å². The van der Waals surface area contributed by atoms with Crippen molar-refractivity contribution in [3.05, 3.63) is 24.3 Å². The van der Waals surface area contributed by atoms with Crippen molar-refractivity contribution in [2.24, 2.45) is 0 Å². The Morgan fingerprint density at radius 1 is 0.938 bits per heavy atom. The molecule has 0 bridgehead atoms. The first-order valence-corrected chi connectivity index (χ1v) is 7.42. The van der Waals surface area contributed by atoms with Crippen LogP contribution in [0.3, 0.4) is 0 Å². The minimum absolute atomic E-state index is 0. The molecule has 0 spiro atoms. The van der Waals surface area contributed by atoms with Gasteiger partial charge in [-0.25, -0.2) is 16.8 Å². The van der Waals surface area contributed by atoms with Crippen LogP contribution in [0, 0.1) is 6.07 Å². The number of halogens is 1. The van der Waals surface area contributed by atoms with Crippen molar-refractivity contribution in [3.63, 3.8) is 0 Å². The van der Waals surface area contributed by atoms with E-state index in [9.17, 15) is 16.8 Å². The number of rotatable bonds is 2. The van der Waals surface area contributed by atoms with Gasteiger partial charge in [0, 0.05) is 12.5 Å². The van der Waals surface area contributed by atoms with E-state index in [4.69, 9.17) is 0 Å². The Morgan fingerprint density at radius 2 is 1.25 bits per heavy atom. The molecule has 0 N–H and O–H groups in total. The van der Waals surface area contributed by atoms with Crippen molar-refractivity contribution in [2.75, 3.05) is 12.5 Å². The fourth-order valence-corrected chi connectivity index (χ4v) is 2.17. The summed E-state index contributed by atoms with van der Waals surface area (Å²) in [4.78, 5) is -0.221. The molecule has 1 rings (SSSR count). The predicted octanol–water partition coefficient (Wildman–Crippen LogP) is -3.08. The average Bonchev–Trinajstić information content (AvgIpc) is 2.01. The van der Waals surface area contributed by atoms with Gasteiger partial charge in [0.2, 0.25) is 0 Å². The number of benzene rings is 1. The fraction of sp³-hybridized carbons (Fsp3) is 0.250. The van der Waals surface area contributed by atoms with Crippen LogP contribution in [0.5, 0.6) is 0 Å². The number of hydrogen-bond acceptors (Lipinski definition) is 4. The number of hydrogen-bond donors (Lipinski definition) is 0. The summed E-state index contributed by atoms with van der Waals surface area (Å²) in [7, 11) is -6.81. The van der Waals surface area contributed by atoms with Crippen molar-refractivity contribution < 1.29 is 33.8 Å². The summed E-state index contributed by atoms with van der Waals surface area (Å²) >= 11 is 0. The van der Waals surface area contributed by atoms with Crippen LogP contribution < -0.4 is 17.0 Å². The third kappa shape index (κ3) is 5.13. The maximum atomic E-state index is 11.1. The third-order valence-electron chi connectivity index (χ3n) is 1.54. The van der Waals surface area contributed by atoms with E-state index in [2.05, 4.69) is 6.07 Å². The summed E-state index contributed by atoms with van der Waals surface area (Å²) in [5.41, 5.74) is 0. The van der Waals surface area contributed by atoms with Crippen LogP contribution in [0.15, 0.2) is 28.0 Å².